The van der Waals surface area contributed by atoms with Crippen LogP contribution in [0.5, 0.6) is 5.75 Å². The van der Waals surface area contributed by atoms with E-state index in [0.717, 1.165) is 24.6 Å². The van der Waals surface area contributed by atoms with Gasteiger partial charge >= 0.3 is 5.97 Å². The van der Waals surface area contributed by atoms with Gasteiger partial charge in [-0.05, 0) is 32.0 Å². The Hall–Kier alpha value is -1.69. The first-order valence-corrected chi connectivity index (χ1v) is 7.06. The first kappa shape index (κ1) is 17.4. The Kier molecular flexibility index (Phi) is 7.68. The van der Waals surface area contributed by atoms with Crippen molar-refractivity contribution in [1.29, 1.82) is 0 Å². The van der Waals surface area contributed by atoms with Crippen LogP contribution in [0.1, 0.15) is 26.7 Å². The fourth-order valence-corrected chi connectivity index (χ4v) is 1.74. The summed E-state index contributed by atoms with van der Waals surface area (Å²) < 4.78 is 36.5. The zero-order valence-electron chi connectivity index (χ0n) is 12.3. The number of esters is 1. The van der Waals surface area contributed by atoms with Crippen LogP contribution >= 0.6 is 0 Å². The van der Waals surface area contributed by atoms with Crippen molar-refractivity contribution < 1.29 is 23.0 Å². The Balaban J connectivity index is 2.52. The van der Waals surface area contributed by atoms with Crippen LogP contribution in [0.25, 0.3) is 0 Å². The summed E-state index contributed by atoms with van der Waals surface area (Å²) in [6.07, 6.45) is 1.18. The van der Waals surface area contributed by atoms with Crippen molar-refractivity contribution in [3.8, 4) is 5.75 Å². The molecule has 0 radical (unpaired) electrons. The van der Waals surface area contributed by atoms with Crippen LogP contribution in [-0.2, 0) is 9.53 Å². The highest BCUT2D eigenvalue weighted by Gasteiger charge is 2.19. The summed E-state index contributed by atoms with van der Waals surface area (Å²) in [5.74, 6) is -1.73. The van der Waals surface area contributed by atoms with E-state index in [-0.39, 0.29) is 18.3 Å². The van der Waals surface area contributed by atoms with Crippen LogP contribution in [0.3, 0.4) is 0 Å². The Morgan fingerprint density at radius 2 is 2.10 bits per heavy atom. The van der Waals surface area contributed by atoms with Crippen molar-refractivity contribution in [2.24, 2.45) is 0 Å². The highest BCUT2D eigenvalue weighted by atomic mass is 19.1. The summed E-state index contributed by atoms with van der Waals surface area (Å²) >= 11 is 0. The first-order chi connectivity index (χ1) is 10.1. The van der Waals surface area contributed by atoms with Gasteiger partial charge in [-0.1, -0.05) is 6.92 Å². The molecule has 0 amide bonds. The van der Waals surface area contributed by atoms with Gasteiger partial charge < -0.3 is 14.8 Å². The SMILES string of the molecule is CCCNC(CCOc1cc(F)ccc1F)C(=O)OCC. The second-order valence-electron chi connectivity index (χ2n) is 4.47. The van der Waals surface area contributed by atoms with E-state index in [9.17, 15) is 13.6 Å². The molecule has 0 saturated heterocycles. The zero-order valence-corrected chi connectivity index (χ0v) is 12.3. The maximum Gasteiger partial charge on any atom is 0.323 e. The van der Waals surface area contributed by atoms with Crippen molar-refractivity contribution in [1.82, 2.24) is 5.32 Å². The van der Waals surface area contributed by atoms with Gasteiger partial charge in [0.15, 0.2) is 11.6 Å². The van der Waals surface area contributed by atoms with Gasteiger partial charge in [-0.3, -0.25) is 4.79 Å². The predicted octanol–water partition coefficient (Wildman–Crippen LogP) is 2.67. The molecule has 0 heterocycles. The molecular weight excluding hydrogens is 280 g/mol. The molecule has 4 nitrogen and oxygen atoms in total. The largest absolute Gasteiger partial charge is 0.490 e. The molecule has 0 bridgehead atoms. The molecule has 1 unspecified atom stereocenters. The fraction of sp³-hybridized carbons (Fsp3) is 0.533. The van der Waals surface area contributed by atoms with E-state index in [0.29, 0.717) is 19.6 Å². The summed E-state index contributed by atoms with van der Waals surface area (Å²) in [5, 5.41) is 3.04. The lowest BCUT2D eigenvalue weighted by Crippen LogP contribution is -2.39. The maximum atomic E-state index is 13.4. The molecule has 0 saturated carbocycles. The number of carbonyl (C=O) groups is 1. The van der Waals surface area contributed by atoms with Crippen LogP contribution in [0, 0.1) is 11.6 Å². The minimum Gasteiger partial charge on any atom is -0.490 e. The number of benzene rings is 1. The molecule has 0 spiro atoms. The van der Waals surface area contributed by atoms with Gasteiger partial charge in [-0.15, -0.1) is 0 Å². The molecule has 0 aliphatic heterocycles. The Morgan fingerprint density at radius 3 is 2.76 bits per heavy atom. The van der Waals surface area contributed by atoms with Gasteiger partial charge in [0.1, 0.15) is 11.9 Å². The maximum absolute atomic E-state index is 13.4. The van der Waals surface area contributed by atoms with Crippen molar-refractivity contribution in [2.45, 2.75) is 32.7 Å². The summed E-state index contributed by atoms with van der Waals surface area (Å²) in [6.45, 7) is 4.75. The average Bonchev–Trinajstić information content (AvgIpc) is 2.46. The van der Waals surface area contributed by atoms with E-state index >= 15 is 0 Å². The molecule has 1 rings (SSSR count). The standard InChI is InChI=1S/C15H21F2NO3/c1-3-8-18-13(15(19)20-4-2)7-9-21-14-10-11(16)5-6-12(14)17/h5-6,10,13,18H,3-4,7-9H2,1-2H3. The molecule has 1 aromatic carbocycles. The van der Waals surface area contributed by atoms with Crippen LogP contribution in [0.4, 0.5) is 8.78 Å². The fourth-order valence-electron chi connectivity index (χ4n) is 1.74. The minimum absolute atomic E-state index is 0.0839. The molecule has 21 heavy (non-hydrogen) atoms. The topological polar surface area (TPSA) is 47.6 Å². The van der Waals surface area contributed by atoms with Gasteiger partial charge in [0, 0.05) is 12.5 Å². The van der Waals surface area contributed by atoms with Gasteiger partial charge in [-0.2, -0.15) is 0 Å². The molecule has 0 aliphatic rings. The lowest BCUT2D eigenvalue weighted by atomic mass is 10.2. The number of carbonyl (C=O) groups excluding carboxylic acids is 1. The number of hydrogen-bond donors (Lipinski definition) is 1. The van der Waals surface area contributed by atoms with Crippen LogP contribution < -0.4 is 10.1 Å². The molecule has 0 fully saturated rings. The van der Waals surface area contributed by atoms with E-state index in [4.69, 9.17) is 9.47 Å². The third-order valence-corrected chi connectivity index (χ3v) is 2.77. The van der Waals surface area contributed by atoms with Crippen LogP contribution in [0.15, 0.2) is 18.2 Å². The number of halogens is 2. The van der Waals surface area contributed by atoms with E-state index in [2.05, 4.69) is 5.32 Å². The second kappa shape index (κ2) is 9.28. The molecular formula is C15H21F2NO3. The first-order valence-electron chi connectivity index (χ1n) is 7.06. The summed E-state index contributed by atoms with van der Waals surface area (Å²) in [7, 11) is 0. The van der Waals surface area contributed by atoms with Crippen molar-refractivity contribution in [3.63, 3.8) is 0 Å². The molecule has 1 atom stereocenters. The third-order valence-electron chi connectivity index (χ3n) is 2.77. The Bertz CT molecular complexity index is 455. The predicted molar refractivity (Wildman–Crippen MR) is 75.2 cm³/mol. The van der Waals surface area contributed by atoms with Gasteiger partial charge in [0.05, 0.1) is 13.2 Å². The average molecular weight is 301 g/mol. The van der Waals surface area contributed by atoms with Crippen molar-refractivity contribution in [2.75, 3.05) is 19.8 Å². The smallest absolute Gasteiger partial charge is 0.323 e. The van der Waals surface area contributed by atoms with Gasteiger partial charge in [0.25, 0.3) is 0 Å². The monoisotopic (exact) mass is 301 g/mol. The minimum atomic E-state index is -0.634. The molecule has 1 aromatic rings. The van der Waals surface area contributed by atoms with E-state index in [1.54, 1.807) is 6.92 Å². The van der Waals surface area contributed by atoms with Crippen LogP contribution in [-0.4, -0.2) is 31.8 Å². The van der Waals surface area contributed by atoms with Gasteiger partial charge in [0.2, 0.25) is 0 Å². The number of hydrogen-bond acceptors (Lipinski definition) is 4. The zero-order chi connectivity index (χ0) is 15.7. The summed E-state index contributed by atoms with van der Waals surface area (Å²) in [4.78, 5) is 11.7. The van der Waals surface area contributed by atoms with Crippen molar-refractivity contribution >= 4 is 5.97 Å². The highest BCUT2D eigenvalue weighted by molar-refractivity contribution is 5.75. The number of nitrogens with one attached hydrogen (secondary N) is 1. The molecule has 1 N–H and O–H groups in total. The van der Waals surface area contributed by atoms with Crippen LogP contribution in [0.2, 0.25) is 0 Å². The quantitative estimate of drug-likeness (QED) is 0.712. The third kappa shape index (κ3) is 6.08. The highest BCUT2D eigenvalue weighted by Crippen LogP contribution is 2.18. The molecule has 0 aliphatic carbocycles. The molecule has 118 valence electrons. The number of ether oxygens (including phenoxy) is 2. The molecule has 0 aromatic heterocycles. The summed E-state index contributed by atoms with van der Waals surface area (Å²) in [5.41, 5.74) is 0. The molecule has 6 heteroatoms. The van der Waals surface area contributed by atoms with E-state index in [1.165, 1.54) is 0 Å². The Morgan fingerprint density at radius 1 is 1.33 bits per heavy atom. The normalized spacial score (nSPS) is 12.0. The lowest BCUT2D eigenvalue weighted by Gasteiger charge is -2.17. The summed E-state index contributed by atoms with van der Waals surface area (Å²) in [6, 6.07) is 2.49. The Labute approximate surface area is 123 Å². The van der Waals surface area contributed by atoms with E-state index < -0.39 is 17.7 Å². The van der Waals surface area contributed by atoms with Gasteiger partial charge in [-0.25, -0.2) is 8.78 Å². The van der Waals surface area contributed by atoms with Crippen molar-refractivity contribution in [3.05, 3.63) is 29.8 Å². The lowest BCUT2D eigenvalue weighted by molar-refractivity contribution is -0.146. The number of rotatable bonds is 9. The van der Waals surface area contributed by atoms with E-state index in [1.807, 2.05) is 6.92 Å². The second-order valence-corrected chi connectivity index (χ2v) is 4.47.